The number of ether oxygens (including phenoxy) is 2. The van der Waals surface area contributed by atoms with Crippen LogP contribution in [0.15, 0.2) is 29.3 Å². The quantitative estimate of drug-likeness (QED) is 0.457. The lowest BCUT2D eigenvalue weighted by atomic mass is 10.2. The van der Waals surface area contributed by atoms with E-state index in [4.69, 9.17) is 9.47 Å². The van der Waals surface area contributed by atoms with Crippen molar-refractivity contribution in [2.24, 2.45) is 4.99 Å². The van der Waals surface area contributed by atoms with Crippen molar-refractivity contribution in [3.63, 3.8) is 0 Å². The second kappa shape index (κ2) is 9.38. The van der Waals surface area contributed by atoms with Crippen molar-refractivity contribution in [2.75, 3.05) is 33.4 Å². The van der Waals surface area contributed by atoms with Crippen LogP contribution in [0.4, 0.5) is 4.39 Å². The number of nitrogens with one attached hydrogen (secondary N) is 2. The molecule has 1 aromatic carbocycles. The zero-order chi connectivity index (χ0) is 15.6. The van der Waals surface area contributed by atoms with Crippen LogP contribution in [0.2, 0.25) is 0 Å². The Morgan fingerprint density at radius 2 is 2.18 bits per heavy atom. The number of aliphatic imine (C=N–C) groups is 1. The van der Waals surface area contributed by atoms with E-state index in [2.05, 4.69) is 15.6 Å². The molecule has 0 aromatic heterocycles. The lowest BCUT2D eigenvalue weighted by molar-refractivity contribution is 0.0420. The largest absolute Gasteiger partial charge is 0.379 e. The van der Waals surface area contributed by atoms with Gasteiger partial charge in [-0.25, -0.2) is 4.39 Å². The SMILES string of the molecule is CN=C(NCCCOC1CCOC1)NCc1ccc(F)cc1. The molecule has 0 aliphatic carbocycles. The highest BCUT2D eigenvalue weighted by molar-refractivity contribution is 5.79. The molecule has 0 saturated carbocycles. The van der Waals surface area contributed by atoms with Gasteiger partial charge in [-0.15, -0.1) is 0 Å². The Labute approximate surface area is 130 Å². The van der Waals surface area contributed by atoms with E-state index in [-0.39, 0.29) is 11.9 Å². The van der Waals surface area contributed by atoms with Crippen LogP contribution in [0.1, 0.15) is 18.4 Å². The highest BCUT2D eigenvalue weighted by Gasteiger charge is 2.15. The van der Waals surface area contributed by atoms with Gasteiger partial charge in [0.15, 0.2) is 5.96 Å². The molecule has 1 heterocycles. The van der Waals surface area contributed by atoms with Gasteiger partial charge in [0.2, 0.25) is 0 Å². The average Bonchev–Trinajstić information content (AvgIpc) is 3.05. The van der Waals surface area contributed by atoms with Gasteiger partial charge in [0, 0.05) is 33.4 Å². The maximum Gasteiger partial charge on any atom is 0.191 e. The molecule has 2 rings (SSSR count). The van der Waals surface area contributed by atoms with Crippen molar-refractivity contribution in [2.45, 2.75) is 25.5 Å². The molecule has 0 spiro atoms. The molecule has 22 heavy (non-hydrogen) atoms. The van der Waals surface area contributed by atoms with Gasteiger partial charge in [0.25, 0.3) is 0 Å². The van der Waals surface area contributed by atoms with Crippen LogP contribution >= 0.6 is 0 Å². The summed E-state index contributed by atoms with van der Waals surface area (Å²) in [5, 5.41) is 6.42. The van der Waals surface area contributed by atoms with Crippen molar-refractivity contribution in [3.05, 3.63) is 35.6 Å². The minimum atomic E-state index is -0.223. The van der Waals surface area contributed by atoms with Gasteiger partial charge >= 0.3 is 0 Å². The van der Waals surface area contributed by atoms with Gasteiger partial charge in [-0.05, 0) is 30.5 Å². The molecule has 2 N–H and O–H groups in total. The lowest BCUT2D eigenvalue weighted by Crippen LogP contribution is -2.37. The summed E-state index contributed by atoms with van der Waals surface area (Å²) in [6, 6.07) is 6.43. The summed E-state index contributed by atoms with van der Waals surface area (Å²) in [6.07, 6.45) is 2.16. The molecule has 0 bridgehead atoms. The number of hydrogen-bond acceptors (Lipinski definition) is 3. The Bertz CT molecular complexity index is 459. The Morgan fingerprint density at radius 1 is 1.36 bits per heavy atom. The smallest absolute Gasteiger partial charge is 0.191 e. The Hall–Kier alpha value is -1.66. The van der Waals surface area contributed by atoms with E-state index in [0.29, 0.717) is 13.2 Å². The van der Waals surface area contributed by atoms with E-state index in [1.54, 1.807) is 19.2 Å². The summed E-state index contributed by atoms with van der Waals surface area (Å²) in [4.78, 5) is 4.16. The van der Waals surface area contributed by atoms with Crippen LogP contribution in [0.3, 0.4) is 0 Å². The minimum Gasteiger partial charge on any atom is -0.379 e. The third kappa shape index (κ3) is 5.99. The van der Waals surface area contributed by atoms with Gasteiger partial charge < -0.3 is 20.1 Å². The summed E-state index contributed by atoms with van der Waals surface area (Å²) in [5.74, 6) is 0.507. The van der Waals surface area contributed by atoms with Gasteiger partial charge in [0.1, 0.15) is 5.82 Å². The Morgan fingerprint density at radius 3 is 2.86 bits per heavy atom. The topological polar surface area (TPSA) is 54.9 Å². The first-order chi connectivity index (χ1) is 10.8. The molecule has 1 aliphatic rings. The van der Waals surface area contributed by atoms with Crippen LogP contribution < -0.4 is 10.6 Å². The van der Waals surface area contributed by atoms with Crippen molar-refractivity contribution in [1.29, 1.82) is 0 Å². The summed E-state index contributed by atoms with van der Waals surface area (Å²) in [5.41, 5.74) is 1.01. The van der Waals surface area contributed by atoms with Crippen molar-refractivity contribution in [3.8, 4) is 0 Å². The zero-order valence-corrected chi connectivity index (χ0v) is 13.0. The lowest BCUT2D eigenvalue weighted by Gasteiger charge is -2.13. The van der Waals surface area contributed by atoms with Crippen molar-refractivity contribution in [1.82, 2.24) is 10.6 Å². The second-order valence-electron chi connectivity index (χ2n) is 5.19. The van der Waals surface area contributed by atoms with E-state index in [1.165, 1.54) is 12.1 Å². The predicted molar refractivity (Wildman–Crippen MR) is 84.4 cm³/mol. The normalized spacial score (nSPS) is 18.5. The van der Waals surface area contributed by atoms with Crippen molar-refractivity contribution >= 4 is 5.96 Å². The first-order valence-corrected chi connectivity index (χ1v) is 7.66. The van der Waals surface area contributed by atoms with Gasteiger partial charge in [-0.1, -0.05) is 12.1 Å². The van der Waals surface area contributed by atoms with Crippen LogP contribution in [-0.4, -0.2) is 45.5 Å². The molecule has 1 aliphatic heterocycles. The van der Waals surface area contributed by atoms with Crippen LogP contribution in [-0.2, 0) is 16.0 Å². The van der Waals surface area contributed by atoms with Crippen molar-refractivity contribution < 1.29 is 13.9 Å². The van der Waals surface area contributed by atoms with Crippen LogP contribution in [0.25, 0.3) is 0 Å². The summed E-state index contributed by atoms with van der Waals surface area (Å²) in [6.45, 7) is 3.64. The van der Waals surface area contributed by atoms with E-state index in [9.17, 15) is 4.39 Å². The molecule has 0 radical (unpaired) electrons. The number of guanidine groups is 1. The third-order valence-electron chi connectivity index (χ3n) is 3.45. The second-order valence-corrected chi connectivity index (χ2v) is 5.19. The molecule has 0 amide bonds. The maximum absolute atomic E-state index is 12.8. The molecule has 1 aromatic rings. The van der Waals surface area contributed by atoms with E-state index in [0.717, 1.165) is 44.1 Å². The maximum atomic E-state index is 12.8. The summed E-state index contributed by atoms with van der Waals surface area (Å²) >= 11 is 0. The third-order valence-corrected chi connectivity index (χ3v) is 3.45. The first-order valence-electron chi connectivity index (χ1n) is 7.66. The number of rotatable bonds is 7. The fraction of sp³-hybridized carbons (Fsp3) is 0.562. The fourth-order valence-electron chi connectivity index (χ4n) is 2.18. The van der Waals surface area contributed by atoms with Gasteiger partial charge in [0.05, 0.1) is 12.7 Å². The number of halogens is 1. The highest BCUT2D eigenvalue weighted by atomic mass is 19.1. The molecular weight excluding hydrogens is 285 g/mol. The molecule has 5 nitrogen and oxygen atoms in total. The molecule has 1 atom stereocenters. The number of nitrogens with zero attached hydrogens (tertiary/aromatic N) is 1. The Balaban J connectivity index is 1.57. The predicted octanol–water partition coefficient (Wildman–Crippen LogP) is 1.69. The molecule has 1 fully saturated rings. The van der Waals surface area contributed by atoms with E-state index in [1.807, 2.05) is 0 Å². The fourth-order valence-corrected chi connectivity index (χ4v) is 2.18. The standard InChI is InChI=1S/C16H24FN3O2/c1-18-16(20-11-13-3-5-14(17)6-4-13)19-8-2-9-22-15-7-10-21-12-15/h3-6,15H,2,7-12H2,1H3,(H2,18,19,20). The molecule has 6 heteroatoms. The molecule has 1 unspecified atom stereocenters. The van der Waals surface area contributed by atoms with Gasteiger partial charge in [-0.3, -0.25) is 4.99 Å². The Kier molecular flexibility index (Phi) is 7.12. The number of hydrogen-bond donors (Lipinski definition) is 2. The van der Waals surface area contributed by atoms with Crippen LogP contribution in [0, 0.1) is 5.82 Å². The van der Waals surface area contributed by atoms with E-state index >= 15 is 0 Å². The van der Waals surface area contributed by atoms with E-state index < -0.39 is 0 Å². The monoisotopic (exact) mass is 309 g/mol. The summed E-state index contributed by atoms with van der Waals surface area (Å²) < 4.78 is 23.8. The van der Waals surface area contributed by atoms with Crippen LogP contribution in [0.5, 0.6) is 0 Å². The minimum absolute atomic E-state index is 0.223. The zero-order valence-electron chi connectivity index (χ0n) is 13.0. The summed E-state index contributed by atoms with van der Waals surface area (Å²) in [7, 11) is 1.73. The molecule has 1 saturated heterocycles. The average molecular weight is 309 g/mol. The molecule has 122 valence electrons. The van der Waals surface area contributed by atoms with Gasteiger partial charge in [-0.2, -0.15) is 0 Å². The number of benzene rings is 1. The first kappa shape index (κ1) is 16.7. The molecular formula is C16H24FN3O2. The highest BCUT2D eigenvalue weighted by Crippen LogP contribution is 2.07.